The first-order valence-electron chi connectivity index (χ1n) is 15.9. The number of rotatable bonds is 11. The molecule has 12 nitrogen and oxygen atoms in total. The molecular formula is C30H50N4O8. The van der Waals surface area contributed by atoms with Gasteiger partial charge in [-0.2, -0.15) is 0 Å². The third-order valence-corrected chi connectivity index (χ3v) is 10.9. The lowest BCUT2D eigenvalue weighted by Gasteiger charge is -2.50. The van der Waals surface area contributed by atoms with Gasteiger partial charge in [-0.3, -0.25) is 4.79 Å². The Balaban J connectivity index is 1.19. The number of fused-ring (bicyclic) bond motifs is 1. The number of amides is 1. The van der Waals surface area contributed by atoms with Crippen LogP contribution < -0.4 is 21.3 Å². The van der Waals surface area contributed by atoms with Crippen molar-refractivity contribution in [3.8, 4) is 0 Å². The highest BCUT2D eigenvalue weighted by Gasteiger charge is 2.74. The molecule has 6 rings (SSSR count). The fourth-order valence-electron chi connectivity index (χ4n) is 7.68. The molecule has 0 bridgehead atoms. The van der Waals surface area contributed by atoms with Gasteiger partial charge in [0.1, 0.15) is 35.8 Å². The third-order valence-electron chi connectivity index (χ3n) is 10.9. The number of likely N-dealkylation sites (N-methyl/N-ethyl adjacent to an activating group) is 1. The maximum atomic E-state index is 13.1. The van der Waals surface area contributed by atoms with Gasteiger partial charge in [-0.15, -0.1) is 0 Å². The van der Waals surface area contributed by atoms with E-state index in [2.05, 4.69) is 41.2 Å². The zero-order valence-corrected chi connectivity index (χ0v) is 25.0. The highest BCUT2D eigenvalue weighted by atomic mass is 16.7. The van der Waals surface area contributed by atoms with Gasteiger partial charge in [0.2, 0.25) is 5.91 Å². The summed E-state index contributed by atoms with van der Waals surface area (Å²) in [5.74, 6) is 0.809. The maximum absolute atomic E-state index is 13.1. The molecule has 238 valence electrons. The highest BCUT2D eigenvalue weighted by molar-refractivity contribution is 5.81. The van der Waals surface area contributed by atoms with Crippen molar-refractivity contribution in [1.29, 1.82) is 0 Å². The smallest absolute Gasteiger partial charge is 0.249 e. The minimum Gasteiger partial charge on any atom is -0.493 e. The number of carbonyl (C=O) groups is 1. The Labute approximate surface area is 247 Å². The Hall–Kier alpha value is -1.35. The Morgan fingerprint density at radius 2 is 2.00 bits per heavy atom. The molecule has 3 aliphatic heterocycles. The van der Waals surface area contributed by atoms with Crippen molar-refractivity contribution in [3.63, 3.8) is 0 Å². The zero-order chi connectivity index (χ0) is 29.8. The SMILES string of the molecule is CNC12CC1(O)COC(OC1C(NC(=O)C(O)C3CNC3)CC(C)C(C3OC(CNCC4CC4)=CCC3C)C1O)C2O. The Kier molecular flexibility index (Phi) is 8.66. The summed E-state index contributed by atoms with van der Waals surface area (Å²) in [7, 11) is 1.68. The lowest BCUT2D eigenvalue weighted by Crippen LogP contribution is -2.66. The first-order valence-corrected chi connectivity index (χ1v) is 15.9. The van der Waals surface area contributed by atoms with E-state index in [0.717, 1.165) is 24.6 Å². The predicted molar refractivity (Wildman–Crippen MR) is 152 cm³/mol. The summed E-state index contributed by atoms with van der Waals surface area (Å²) in [5.41, 5.74) is -2.14. The number of ether oxygens (including phenoxy) is 3. The molecular weight excluding hydrogens is 544 g/mol. The van der Waals surface area contributed by atoms with E-state index in [4.69, 9.17) is 14.2 Å². The van der Waals surface area contributed by atoms with Gasteiger partial charge in [-0.05, 0) is 63.1 Å². The quantitative estimate of drug-likeness (QED) is 0.141. The fourth-order valence-corrected chi connectivity index (χ4v) is 7.68. The Morgan fingerprint density at radius 3 is 2.67 bits per heavy atom. The van der Waals surface area contributed by atoms with Crippen molar-refractivity contribution in [2.24, 2.45) is 29.6 Å². The monoisotopic (exact) mass is 594 g/mol. The van der Waals surface area contributed by atoms with Gasteiger partial charge in [0.15, 0.2) is 6.29 Å². The van der Waals surface area contributed by atoms with Crippen LogP contribution in [0.5, 0.6) is 0 Å². The largest absolute Gasteiger partial charge is 0.493 e. The molecule has 0 radical (unpaired) electrons. The molecule has 0 spiro atoms. The van der Waals surface area contributed by atoms with Gasteiger partial charge in [0, 0.05) is 31.3 Å². The van der Waals surface area contributed by atoms with Gasteiger partial charge >= 0.3 is 0 Å². The summed E-state index contributed by atoms with van der Waals surface area (Å²) in [5, 5.41) is 57.2. The molecule has 3 aliphatic carbocycles. The molecule has 3 saturated carbocycles. The molecule has 5 fully saturated rings. The van der Waals surface area contributed by atoms with E-state index in [9.17, 15) is 25.2 Å². The predicted octanol–water partition coefficient (Wildman–Crippen LogP) is -1.43. The number of hydrogen-bond donors (Lipinski definition) is 8. The molecule has 42 heavy (non-hydrogen) atoms. The molecule has 12 heteroatoms. The topological polar surface area (TPSA) is 174 Å². The average molecular weight is 595 g/mol. The summed E-state index contributed by atoms with van der Waals surface area (Å²) in [6, 6.07) is -0.628. The van der Waals surface area contributed by atoms with Crippen LogP contribution in [-0.4, -0.2) is 120 Å². The van der Waals surface area contributed by atoms with Gasteiger partial charge in [-0.1, -0.05) is 13.8 Å². The van der Waals surface area contributed by atoms with Gasteiger partial charge in [0.25, 0.3) is 0 Å². The van der Waals surface area contributed by atoms with Crippen molar-refractivity contribution >= 4 is 5.91 Å². The van der Waals surface area contributed by atoms with Crippen LogP contribution in [0.15, 0.2) is 11.8 Å². The molecule has 6 aliphatic rings. The highest BCUT2D eigenvalue weighted by Crippen LogP contribution is 2.54. The second kappa shape index (κ2) is 11.9. The van der Waals surface area contributed by atoms with Crippen LogP contribution in [0.2, 0.25) is 0 Å². The summed E-state index contributed by atoms with van der Waals surface area (Å²) in [6.45, 7) is 6.94. The average Bonchev–Trinajstić information content (AvgIpc) is 3.84. The van der Waals surface area contributed by atoms with E-state index >= 15 is 0 Å². The number of hydrogen-bond acceptors (Lipinski definition) is 11. The molecule has 0 aromatic carbocycles. The van der Waals surface area contributed by atoms with Crippen LogP contribution in [0.3, 0.4) is 0 Å². The molecule has 1 amide bonds. The zero-order valence-electron chi connectivity index (χ0n) is 25.0. The van der Waals surface area contributed by atoms with Crippen LogP contribution in [0.4, 0.5) is 0 Å². The van der Waals surface area contributed by atoms with Gasteiger partial charge < -0.3 is 55.9 Å². The molecule has 2 saturated heterocycles. The lowest BCUT2D eigenvalue weighted by molar-refractivity contribution is -0.285. The number of carbonyl (C=O) groups excluding carboxylic acids is 1. The fraction of sp³-hybridized carbons (Fsp3) is 0.900. The molecule has 3 heterocycles. The van der Waals surface area contributed by atoms with Crippen molar-refractivity contribution in [3.05, 3.63) is 11.8 Å². The minimum absolute atomic E-state index is 0.0204. The molecule has 12 unspecified atom stereocenters. The van der Waals surface area contributed by atoms with Crippen LogP contribution in [0.1, 0.15) is 46.0 Å². The van der Waals surface area contributed by atoms with Crippen molar-refractivity contribution in [2.45, 2.75) is 99.9 Å². The third kappa shape index (κ3) is 5.63. The van der Waals surface area contributed by atoms with E-state index in [0.29, 0.717) is 32.5 Å². The maximum Gasteiger partial charge on any atom is 0.249 e. The van der Waals surface area contributed by atoms with E-state index in [-0.39, 0.29) is 36.4 Å². The van der Waals surface area contributed by atoms with Crippen molar-refractivity contribution in [1.82, 2.24) is 21.3 Å². The molecule has 8 N–H and O–H groups in total. The number of aliphatic hydroxyl groups excluding tert-OH is 3. The summed E-state index contributed by atoms with van der Waals surface area (Å²) in [4.78, 5) is 13.1. The van der Waals surface area contributed by atoms with Crippen LogP contribution in [-0.2, 0) is 19.0 Å². The first-order chi connectivity index (χ1) is 20.1. The lowest BCUT2D eigenvalue weighted by atomic mass is 9.68. The van der Waals surface area contributed by atoms with Gasteiger partial charge in [-0.25, -0.2) is 0 Å². The van der Waals surface area contributed by atoms with E-state index in [1.54, 1.807) is 7.05 Å². The summed E-state index contributed by atoms with van der Waals surface area (Å²) >= 11 is 0. The van der Waals surface area contributed by atoms with E-state index in [1.165, 1.54) is 12.8 Å². The van der Waals surface area contributed by atoms with E-state index < -0.39 is 53.8 Å². The summed E-state index contributed by atoms with van der Waals surface area (Å²) < 4.78 is 18.7. The normalized spacial score (nSPS) is 46.1. The number of aliphatic hydroxyl groups is 4. The Morgan fingerprint density at radius 1 is 1.24 bits per heavy atom. The van der Waals surface area contributed by atoms with E-state index in [1.807, 2.05) is 0 Å². The first kappa shape index (κ1) is 30.7. The molecule has 12 atom stereocenters. The number of allylic oxidation sites excluding steroid dienone is 1. The van der Waals surface area contributed by atoms with Crippen molar-refractivity contribution in [2.75, 3.05) is 39.8 Å². The van der Waals surface area contributed by atoms with Gasteiger partial charge in [0.05, 0.1) is 30.8 Å². The number of nitrogens with one attached hydrogen (secondary N) is 4. The summed E-state index contributed by atoms with van der Waals surface area (Å²) in [6.07, 6.45) is 0.616. The minimum atomic E-state index is -1.19. The van der Waals surface area contributed by atoms with Crippen LogP contribution in [0, 0.1) is 29.6 Å². The second-order valence-corrected chi connectivity index (χ2v) is 14.0. The van der Waals surface area contributed by atoms with Crippen LogP contribution in [0.25, 0.3) is 0 Å². The van der Waals surface area contributed by atoms with Crippen molar-refractivity contribution < 1.29 is 39.4 Å². The Bertz CT molecular complexity index is 1030. The van der Waals surface area contributed by atoms with Crippen LogP contribution >= 0.6 is 0 Å². The molecule has 0 aromatic heterocycles. The molecule has 0 aromatic rings. The second-order valence-electron chi connectivity index (χ2n) is 14.0. The standard InChI is InChI=1S/C30H50N4O8/c1-15-4-7-19(12-32-9-17-5-6-17)41-24(15)21-16(2)8-20(34-27(38)22(35)18-10-33-11-18)25(23(21)36)42-28-26(37)30(31-3)13-29(30,39)14-40-28/h7,15-18,20-26,28,31-33,35-37,39H,4-6,8-14H2,1-3H3,(H,34,38).